The summed E-state index contributed by atoms with van der Waals surface area (Å²) in [7, 11) is 0. The van der Waals surface area contributed by atoms with Gasteiger partial charge in [0.2, 0.25) is 5.91 Å². The van der Waals surface area contributed by atoms with E-state index in [4.69, 9.17) is 10.5 Å². The molecule has 0 saturated carbocycles. The van der Waals surface area contributed by atoms with Gasteiger partial charge in [0.05, 0.1) is 11.5 Å². The average Bonchev–Trinajstić information content (AvgIpc) is 3.53. The number of aromatic nitrogens is 1. The van der Waals surface area contributed by atoms with Crippen molar-refractivity contribution in [3.8, 4) is 5.75 Å². The van der Waals surface area contributed by atoms with Crippen LogP contribution in [0.3, 0.4) is 0 Å². The van der Waals surface area contributed by atoms with Crippen molar-refractivity contribution in [1.29, 1.82) is 0 Å². The molecule has 11 nitrogen and oxygen atoms in total. The Morgan fingerprint density at radius 1 is 1.06 bits per heavy atom. The smallest absolute Gasteiger partial charge is 0.309 e. The number of ether oxygens (including phenoxy) is 1. The molecule has 12 heteroatoms. The maximum atomic E-state index is 13.9. The first-order chi connectivity index (χ1) is 23.0. The molecule has 0 bridgehead atoms. The largest absolute Gasteiger partial charge is 0.508 e. The van der Waals surface area contributed by atoms with E-state index in [1.54, 1.807) is 43.5 Å². The number of unbranched alkanes of at least 4 members (excludes halogenated alkanes) is 3. The standard InChI is InChI=1S/C37H58N4O7S/c1-9-11-12-13-18-41(35(45)32(38)24(5)10-2)30(23(3)4)20-31(48-25(6)42)34-40-29(22-49-34)33(44)39-27(21-37(7,8)36(46)47)19-26-14-16-28(43)17-15-26/h14-17,22-24,27,30-32,43H,9-13,18-21,38H2,1-8H3,(H,39,44)(H,46,47)/t24?,27-,30?,31?,32?/m0/s1. The molecular formula is C37H58N4O7S. The summed E-state index contributed by atoms with van der Waals surface area (Å²) >= 11 is 1.19. The second-order valence-corrected chi connectivity index (χ2v) is 15.0. The molecule has 1 heterocycles. The van der Waals surface area contributed by atoms with Gasteiger partial charge in [-0.25, -0.2) is 4.98 Å². The Labute approximate surface area is 296 Å². The normalized spacial score (nSPS) is 14.8. The molecule has 0 aliphatic carbocycles. The van der Waals surface area contributed by atoms with Crippen molar-refractivity contribution in [3.05, 3.63) is 45.9 Å². The van der Waals surface area contributed by atoms with E-state index in [1.165, 1.54) is 18.3 Å². The highest BCUT2D eigenvalue weighted by Gasteiger charge is 2.36. The summed E-state index contributed by atoms with van der Waals surface area (Å²) in [5, 5.41) is 24.5. The highest BCUT2D eigenvalue weighted by atomic mass is 32.1. The molecule has 5 N–H and O–H groups in total. The Hall–Kier alpha value is -3.51. The van der Waals surface area contributed by atoms with E-state index in [9.17, 15) is 29.4 Å². The van der Waals surface area contributed by atoms with Gasteiger partial charge in [-0.1, -0.05) is 72.4 Å². The van der Waals surface area contributed by atoms with Gasteiger partial charge in [0, 0.05) is 37.4 Å². The van der Waals surface area contributed by atoms with E-state index < -0.39 is 41.4 Å². The van der Waals surface area contributed by atoms with Crippen molar-refractivity contribution in [2.75, 3.05) is 6.54 Å². The predicted octanol–water partition coefficient (Wildman–Crippen LogP) is 6.49. The minimum atomic E-state index is -1.12. The van der Waals surface area contributed by atoms with Gasteiger partial charge >= 0.3 is 11.9 Å². The molecule has 2 aromatic rings. The average molecular weight is 703 g/mol. The number of rotatable bonds is 21. The lowest BCUT2D eigenvalue weighted by molar-refractivity contribution is -0.149. The molecule has 0 saturated heterocycles. The number of amides is 2. The SMILES string of the molecule is CCCCCCN(C(=O)C(N)C(C)CC)C(CC(OC(C)=O)c1nc(C(=O)N[C@@H](Cc2ccc(O)cc2)CC(C)(C)C(=O)O)cs1)C(C)C. The number of benzene rings is 1. The van der Waals surface area contributed by atoms with Gasteiger partial charge in [-0.3, -0.25) is 19.2 Å². The van der Waals surface area contributed by atoms with Gasteiger partial charge in [-0.05, 0) is 62.6 Å². The van der Waals surface area contributed by atoms with Crippen LogP contribution in [0.5, 0.6) is 5.75 Å². The number of nitrogens with zero attached hydrogens (tertiary/aromatic N) is 2. The Morgan fingerprint density at radius 2 is 1.71 bits per heavy atom. The quantitative estimate of drug-likeness (QED) is 0.0838. The van der Waals surface area contributed by atoms with Crippen molar-refractivity contribution in [1.82, 2.24) is 15.2 Å². The first kappa shape index (κ1) is 41.7. The summed E-state index contributed by atoms with van der Waals surface area (Å²) in [5.74, 6) is -1.97. The number of aliphatic carboxylic acids is 1. The van der Waals surface area contributed by atoms with Gasteiger partial charge in [0.1, 0.15) is 16.5 Å². The van der Waals surface area contributed by atoms with Crippen LogP contribution < -0.4 is 11.1 Å². The molecule has 1 aromatic carbocycles. The fourth-order valence-electron chi connectivity index (χ4n) is 5.81. The third-order valence-electron chi connectivity index (χ3n) is 9.13. The van der Waals surface area contributed by atoms with Crippen LogP contribution in [-0.2, 0) is 25.5 Å². The molecule has 49 heavy (non-hydrogen) atoms. The minimum Gasteiger partial charge on any atom is -0.508 e. The van der Waals surface area contributed by atoms with Crippen molar-refractivity contribution in [2.24, 2.45) is 23.0 Å². The summed E-state index contributed by atoms with van der Waals surface area (Å²) in [5.41, 5.74) is 6.29. The van der Waals surface area contributed by atoms with E-state index in [-0.39, 0.29) is 48.1 Å². The third kappa shape index (κ3) is 13.0. The highest BCUT2D eigenvalue weighted by Crippen LogP contribution is 2.32. The number of thiazole rings is 1. The van der Waals surface area contributed by atoms with Crippen LogP contribution in [0.25, 0.3) is 0 Å². The summed E-state index contributed by atoms with van der Waals surface area (Å²) in [6, 6.07) is 5.03. The molecule has 2 rings (SSSR count). The summed E-state index contributed by atoms with van der Waals surface area (Å²) in [6.07, 6.45) is 4.69. The molecule has 0 aliphatic heterocycles. The minimum absolute atomic E-state index is 0.00157. The van der Waals surface area contributed by atoms with E-state index in [2.05, 4.69) is 17.2 Å². The summed E-state index contributed by atoms with van der Waals surface area (Å²) in [6.45, 7) is 15.3. The number of phenolic OH excluding ortho intramolecular Hbond substituents is 1. The molecule has 0 fully saturated rings. The first-order valence-corrected chi connectivity index (χ1v) is 18.4. The Bertz CT molecular complexity index is 1360. The van der Waals surface area contributed by atoms with E-state index in [0.29, 0.717) is 18.0 Å². The molecule has 0 radical (unpaired) electrons. The zero-order valence-corrected chi connectivity index (χ0v) is 31.3. The van der Waals surface area contributed by atoms with Crippen molar-refractivity contribution in [2.45, 2.75) is 131 Å². The first-order valence-electron chi connectivity index (χ1n) is 17.5. The molecular weight excluding hydrogens is 644 g/mol. The number of nitrogens with one attached hydrogen (secondary N) is 1. The molecule has 1 aromatic heterocycles. The lowest BCUT2D eigenvalue weighted by Crippen LogP contribution is -2.53. The topological polar surface area (TPSA) is 172 Å². The third-order valence-corrected chi connectivity index (χ3v) is 10.1. The highest BCUT2D eigenvalue weighted by molar-refractivity contribution is 7.09. The van der Waals surface area contributed by atoms with Gasteiger partial charge in [0.25, 0.3) is 5.91 Å². The molecule has 0 spiro atoms. The van der Waals surface area contributed by atoms with Crippen LogP contribution in [0.15, 0.2) is 29.6 Å². The lowest BCUT2D eigenvalue weighted by Gasteiger charge is -2.38. The lowest BCUT2D eigenvalue weighted by atomic mass is 9.84. The predicted molar refractivity (Wildman–Crippen MR) is 192 cm³/mol. The second kappa shape index (κ2) is 19.6. The zero-order chi connectivity index (χ0) is 36.9. The van der Waals surface area contributed by atoms with Crippen LogP contribution in [0.4, 0.5) is 0 Å². The number of nitrogens with two attached hydrogens (primary N) is 1. The van der Waals surface area contributed by atoms with E-state index >= 15 is 0 Å². The van der Waals surface area contributed by atoms with Crippen LogP contribution in [-0.4, -0.2) is 68.5 Å². The van der Waals surface area contributed by atoms with Gasteiger partial charge in [0.15, 0.2) is 6.10 Å². The molecule has 2 amide bonds. The molecule has 5 atom stereocenters. The number of carboxylic acids is 1. The van der Waals surface area contributed by atoms with Gasteiger partial charge in [-0.2, -0.15) is 0 Å². The summed E-state index contributed by atoms with van der Waals surface area (Å²) < 4.78 is 5.80. The Kier molecular flexibility index (Phi) is 16.7. The van der Waals surface area contributed by atoms with E-state index in [1.807, 2.05) is 32.6 Å². The second-order valence-electron chi connectivity index (χ2n) is 14.2. The zero-order valence-electron chi connectivity index (χ0n) is 30.5. The Morgan fingerprint density at radius 3 is 2.27 bits per heavy atom. The number of carboxylic acid groups (broad SMARTS) is 1. The number of hydrogen-bond acceptors (Lipinski definition) is 9. The number of hydrogen-bond donors (Lipinski definition) is 4. The number of carbonyl (C=O) groups is 4. The molecule has 0 aliphatic rings. The Balaban J connectivity index is 2.39. The maximum absolute atomic E-state index is 13.9. The number of phenols is 1. The van der Waals surface area contributed by atoms with Crippen LogP contribution in [0, 0.1) is 17.3 Å². The van der Waals surface area contributed by atoms with E-state index in [0.717, 1.165) is 37.7 Å². The monoisotopic (exact) mass is 702 g/mol. The van der Waals surface area contributed by atoms with Crippen LogP contribution >= 0.6 is 11.3 Å². The molecule has 4 unspecified atom stereocenters. The fourth-order valence-corrected chi connectivity index (χ4v) is 6.65. The molecule has 274 valence electrons. The van der Waals surface area contributed by atoms with Gasteiger partial charge < -0.3 is 30.9 Å². The summed E-state index contributed by atoms with van der Waals surface area (Å²) in [4.78, 5) is 58.2. The fraction of sp³-hybridized carbons (Fsp3) is 0.649. The van der Waals surface area contributed by atoms with Gasteiger partial charge in [-0.15, -0.1) is 11.3 Å². The van der Waals surface area contributed by atoms with Crippen molar-refractivity contribution >= 4 is 35.1 Å². The number of aromatic hydroxyl groups is 1. The van der Waals surface area contributed by atoms with Crippen LogP contribution in [0.1, 0.15) is 127 Å². The van der Waals surface area contributed by atoms with Crippen molar-refractivity contribution in [3.63, 3.8) is 0 Å². The van der Waals surface area contributed by atoms with Crippen LogP contribution in [0.2, 0.25) is 0 Å². The van der Waals surface area contributed by atoms with Crippen molar-refractivity contribution < 1.29 is 34.1 Å². The number of carbonyl (C=O) groups excluding carboxylic acids is 3. The number of esters is 1. The maximum Gasteiger partial charge on any atom is 0.309 e.